The van der Waals surface area contributed by atoms with Gasteiger partial charge >= 0.3 is 0 Å². The van der Waals surface area contributed by atoms with Crippen LogP contribution in [0.3, 0.4) is 0 Å². The molecule has 0 heterocycles. The van der Waals surface area contributed by atoms with E-state index in [1.165, 1.54) is 42.5 Å². The zero-order valence-electron chi connectivity index (χ0n) is 22.2. The summed E-state index contributed by atoms with van der Waals surface area (Å²) in [6.45, 7) is 7.26. The number of amides is 1. The molecule has 3 N–H and O–H groups in total. The number of hydrogen-bond donors (Lipinski definition) is 3. The van der Waals surface area contributed by atoms with E-state index in [1.807, 2.05) is 45.0 Å². The third-order valence-electron chi connectivity index (χ3n) is 6.26. The molecule has 0 bridgehead atoms. The molecule has 0 radical (unpaired) electrons. The lowest BCUT2D eigenvalue weighted by molar-refractivity contribution is 0.102. The molecule has 0 aliphatic heterocycles. The van der Waals surface area contributed by atoms with Gasteiger partial charge in [0, 0.05) is 11.3 Å². The van der Waals surface area contributed by atoms with Crippen LogP contribution in [-0.4, -0.2) is 22.7 Å². The summed E-state index contributed by atoms with van der Waals surface area (Å²) >= 11 is 6.21. The van der Waals surface area contributed by atoms with Crippen LogP contribution in [0, 0.1) is 27.7 Å². The molecule has 0 spiro atoms. The first kappa shape index (κ1) is 29.1. The second-order valence-electron chi connectivity index (χ2n) is 9.42. The molecular weight excluding hydrogens is 570 g/mol. The summed E-state index contributed by atoms with van der Waals surface area (Å²) in [7, 11) is -7.97. The summed E-state index contributed by atoms with van der Waals surface area (Å²) in [6, 6.07) is 20.4. The van der Waals surface area contributed by atoms with Crippen molar-refractivity contribution in [2.75, 3.05) is 14.8 Å². The number of carbonyl (C=O) groups is 1. The molecule has 1 amide bonds. The summed E-state index contributed by atoms with van der Waals surface area (Å²) in [5.41, 5.74) is 4.50. The maximum absolute atomic E-state index is 13.1. The highest BCUT2D eigenvalue weighted by atomic mass is 35.5. The highest BCUT2D eigenvalue weighted by molar-refractivity contribution is 7.93. The fourth-order valence-electron chi connectivity index (χ4n) is 3.99. The molecule has 0 saturated heterocycles. The number of anilines is 3. The zero-order chi connectivity index (χ0) is 29.2. The molecule has 4 aromatic rings. The van der Waals surface area contributed by atoms with E-state index >= 15 is 0 Å². The van der Waals surface area contributed by atoms with Crippen molar-refractivity contribution in [1.82, 2.24) is 0 Å². The lowest BCUT2D eigenvalue weighted by atomic mass is 10.1. The van der Waals surface area contributed by atoms with E-state index in [0.29, 0.717) is 17.1 Å². The van der Waals surface area contributed by atoms with Gasteiger partial charge in [-0.3, -0.25) is 14.2 Å². The molecule has 8 nitrogen and oxygen atoms in total. The Morgan fingerprint density at radius 3 is 2.00 bits per heavy atom. The molecule has 40 heavy (non-hydrogen) atoms. The molecule has 0 aliphatic carbocycles. The highest BCUT2D eigenvalue weighted by Crippen LogP contribution is 2.28. The van der Waals surface area contributed by atoms with E-state index in [9.17, 15) is 21.6 Å². The summed E-state index contributed by atoms with van der Waals surface area (Å²) in [6.07, 6.45) is 0. The van der Waals surface area contributed by atoms with Crippen LogP contribution in [0.2, 0.25) is 5.02 Å². The normalized spacial score (nSPS) is 11.6. The molecule has 208 valence electrons. The third-order valence-corrected chi connectivity index (χ3v) is 9.47. The van der Waals surface area contributed by atoms with E-state index in [2.05, 4.69) is 14.8 Å². The number of para-hydroxylation sites is 1. The number of carbonyl (C=O) groups excluding carboxylic acids is 1. The Bertz CT molecular complexity index is 1800. The Morgan fingerprint density at radius 1 is 0.700 bits per heavy atom. The van der Waals surface area contributed by atoms with Crippen LogP contribution < -0.4 is 14.8 Å². The SMILES string of the molecule is Cc1ccc(C)c(NS(=O)(=O)c2cc(C(=O)Nc3ccc(S(=O)(=O)Nc4c(C)cccc4C)cc3)ccc2Cl)c1. The summed E-state index contributed by atoms with van der Waals surface area (Å²) < 4.78 is 57.3. The minimum absolute atomic E-state index is 0.0190. The van der Waals surface area contributed by atoms with E-state index in [1.54, 1.807) is 19.1 Å². The van der Waals surface area contributed by atoms with Gasteiger partial charge in [-0.15, -0.1) is 0 Å². The van der Waals surface area contributed by atoms with Crippen molar-refractivity contribution in [3.63, 3.8) is 0 Å². The quantitative estimate of drug-likeness (QED) is 0.216. The van der Waals surface area contributed by atoms with Gasteiger partial charge in [0.15, 0.2) is 0 Å². The number of hydrogen-bond acceptors (Lipinski definition) is 5. The molecule has 0 aromatic heterocycles. The number of halogens is 1. The number of rotatable bonds is 8. The van der Waals surface area contributed by atoms with Gasteiger partial charge in [0.25, 0.3) is 26.0 Å². The lowest BCUT2D eigenvalue weighted by Gasteiger charge is -2.14. The van der Waals surface area contributed by atoms with Crippen molar-refractivity contribution in [2.45, 2.75) is 37.5 Å². The van der Waals surface area contributed by atoms with Gasteiger partial charge in [-0.05, 0) is 98.5 Å². The van der Waals surface area contributed by atoms with Crippen molar-refractivity contribution >= 4 is 54.6 Å². The number of sulfonamides is 2. The fraction of sp³-hybridized carbons (Fsp3) is 0.138. The lowest BCUT2D eigenvalue weighted by Crippen LogP contribution is -2.17. The fourth-order valence-corrected chi connectivity index (χ4v) is 6.84. The maximum Gasteiger partial charge on any atom is 0.263 e. The van der Waals surface area contributed by atoms with Gasteiger partial charge < -0.3 is 5.32 Å². The van der Waals surface area contributed by atoms with Crippen molar-refractivity contribution in [3.8, 4) is 0 Å². The van der Waals surface area contributed by atoms with Crippen molar-refractivity contribution in [2.24, 2.45) is 0 Å². The van der Waals surface area contributed by atoms with Crippen molar-refractivity contribution in [1.29, 1.82) is 0 Å². The van der Waals surface area contributed by atoms with Gasteiger partial charge in [0.2, 0.25) is 0 Å². The van der Waals surface area contributed by atoms with Crippen molar-refractivity contribution in [3.05, 3.63) is 112 Å². The molecular formula is C29H28ClN3O5S2. The van der Waals surface area contributed by atoms with E-state index in [4.69, 9.17) is 11.6 Å². The molecule has 0 unspecified atom stereocenters. The van der Waals surface area contributed by atoms with Crippen LogP contribution in [0.1, 0.15) is 32.6 Å². The van der Waals surface area contributed by atoms with E-state index < -0.39 is 26.0 Å². The zero-order valence-corrected chi connectivity index (χ0v) is 24.6. The largest absolute Gasteiger partial charge is 0.322 e. The topological polar surface area (TPSA) is 121 Å². The summed E-state index contributed by atoms with van der Waals surface area (Å²) in [5.74, 6) is -0.593. The van der Waals surface area contributed by atoms with E-state index in [0.717, 1.165) is 22.3 Å². The second-order valence-corrected chi connectivity index (χ2v) is 13.2. The monoisotopic (exact) mass is 597 g/mol. The molecule has 0 atom stereocenters. The molecule has 4 aromatic carbocycles. The van der Waals surface area contributed by atoms with Crippen LogP contribution in [0.5, 0.6) is 0 Å². The third kappa shape index (κ3) is 6.47. The van der Waals surface area contributed by atoms with Crippen LogP contribution in [0.15, 0.2) is 88.7 Å². The Labute approximate surface area is 239 Å². The first-order valence-electron chi connectivity index (χ1n) is 12.2. The van der Waals surface area contributed by atoms with Gasteiger partial charge in [0.1, 0.15) is 4.90 Å². The standard InChI is InChI=1S/C29H28ClN3O5S2/c1-18-8-9-19(2)26(16-18)32-40(37,38)27-17-22(10-15-25(27)30)29(34)31-23-11-13-24(14-12-23)39(35,36)33-28-20(3)6-5-7-21(28)4/h5-17,32-33H,1-4H3,(H,31,34). The van der Waals surface area contributed by atoms with Gasteiger partial charge in [-0.1, -0.05) is 41.9 Å². The first-order valence-corrected chi connectivity index (χ1v) is 15.5. The maximum atomic E-state index is 13.1. The van der Waals surface area contributed by atoms with Crippen LogP contribution in [0.4, 0.5) is 17.1 Å². The molecule has 4 rings (SSSR count). The predicted molar refractivity (Wildman–Crippen MR) is 159 cm³/mol. The van der Waals surface area contributed by atoms with Gasteiger partial charge in [-0.25, -0.2) is 16.8 Å². The van der Waals surface area contributed by atoms with Crippen molar-refractivity contribution < 1.29 is 21.6 Å². The van der Waals surface area contributed by atoms with E-state index in [-0.39, 0.29) is 20.4 Å². The minimum Gasteiger partial charge on any atom is -0.322 e. The number of nitrogens with one attached hydrogen (secondary N) is 3. The first-order chi connectivity index (χ1) is 18.8. The average molecular weight is 598 g/mol. The summed E-state index contributed by atoms with van der Waals surface area (Å²) in [4.78, 5) is 12.7. The second kappa shape index (κ2) is 11.3. The Balaban J connectivity index is 1.52. The predicted octanol–water partition coefficient (Wildman–Crippen LogP) is 6.43. The molecule has 11 heteroatoms. The van der Waals surface area contributed by atoms with Gasteiger partial charge in [-0.2, -0.15) is 0 Å². The van der Waals surface area contributed by atoms with Gasteiger partial charge in [0.05, 0.1) is 21.3 Å². The molecule has 0 saturated carbocycles. The minimum atomic E-state index is -4.10. The van der Waals surface area contributed by atoms with Crippen LogP contribution >= 0.6 is 11.6 Å². The average Bonchev–Trinajstić information content (AvgIpc) is 2.89. The Morgan fingerprint density at radius 2 is 1.35 bits per heavy atom. The van der Waals surface area contributed by atoms with Crippen LogP contribution in [0.25, 0.3) is 0 Å². The molecule has 0 fully saturated rings. The van der Waals surface area contributed by atoms with Crippen LogP contribution in [-0.2, 0) is 20.0 Å². The number of aryl methyl sites for hydroxylation is 4. The smallest absolute Gasteiger partial charge is 0.263 e. The highest BCUT2D eigenvalue weighted by Gasteiger charge is 2.22. The number of benzene rings is 4. The summed E-state index contributed by atoms with van der Waals surface area (Å²) in [5, 5.41) is 2.62. The Hall–Kier alpha value is -3.86. The molecule has 0 aliphatic rings. The Kier molecular flexibility index (Phi) is 8.25.